The van der Waals surface area contributed by atoms with Crippen LogP contribution in [0.5, 0.6) is 5.75 Å². The van der Waals surface area contributed by atoms with Crippen LogP contribution in [0, 0.1) is 11.2 Å². The fourth-order valence-corrected chi connectivity index (χ4v) is 4.20. The summed E-state index contributed by atoms with van der Waals surface area (Å²) in [6.45, 7) is 4.31. The van der Waals surface area contributed by atoms with E-state index in [1.165, 1.54) is 12.1 Å². The van der Waals surface area contributed by atoms with Crippen molar-refractivity contribution in [3.63, 3.8) is 0 Å². The zero-order valence-electron chi connectivity index (χ0n) is 16.2. The number of nitrogens with one attached hydrogen (secondary N) is 1. The van der Waals surface area contributed by atoms with Crippen LogP contribution in [0.25, 0.3) is 11.4 Å². The normalized spacial score (nSPS) is 19.2. The van der Waals surface area contributed by atoms with Gasteiger partial charge in [-0.25, -0.2) is 14.2 Å². The minimum atomic E-state index is -2.85. The number of carbonyl (C=O) groups is 1. The van der Waals surface area contributed by atoms with Gasteiger partial charge in [0.1, 0.15) is 17.4 Å². The maximum absolute atomic E-state index is 13.5. The largest absolute Gasteiger partial charge is 0.454 e. The van der Waals surface area contributed by atoms with E-state index < -0.39 is 16.6 Å². The van der Waals surface area contributed by atoms with E-state index >= 15 is 0 Å². The van der Waals surface area contributed by atoms with Crippen molar-refractivity contribution in [3.05, 3.63) is 71.8 Å². The Kier molecular flexibility index (Phi) is 4.98. The van der Waals surface area contributed by atoms with E-state index in [2.05, 4.69) is 28.2 Å². The molecule has 0 saturated heterocycles. The molecule has 1 heterocycles. The highest BCUT2D eigenvalue weighted by Crippen LogP contribution is 2.69. The standard InChI is InChI=1S/C21H18FN3O4S/c1-21(2)17(12-6-8-15(9-7-12)29-20(26)25-30(27)28)18(21)16-11-23-19(24-16)13-4-3-5-14(22)10-13/h3-11,17-18H,1-2H3,(H,23,24)/t17-,18-/m0/s1. The lowest BCUT2D eigenvalue weighted by Gasteiger charge is -2.04. The van der Waals surface area contributed by atoms with Gasteiger partial charge in [-0.1, -0.05) is 42.5 Å². The topological polar surface area (TPSA) is 101 Å². The van der Waals surface area contributed by atoms with Crippen LogP contribution in [0.15, 0.2) is 59.1 Å². The summed E-state index contributed by atoms with van der Waals surface area (Å²) in [5.41, 5.74) is 2.68. The van der Waals surface area contributed by atoms with Gasteiger partial charge in [0.2, 0.25) is 0 Å². The first-order valence-corrected chi connectivity index (χ1v) is 10.2. The molecule has 154 valence electrons. The van der Waals surface area contributed by atoms with Gasteiger partial charge in [-0.05, 0) is 41.2 Å². The molecule has 1 amide bonds. The molecule has 4 rings (SSSR count). The van der Waals surface area contributed by atoms with Crippen LogP contribution in [0.1, 0.15) is 36.9 Å². The molecule has 3 aromatic rings. The van der Waals surface area contributed by atoms with E-state index in [0.717, 1.165) is 11.3 Å². The van der Waals surface area contributed by atoms with Crippen molar-refractivity contribution in [2.75, 3.05) is 0 Å². The Labute approximate surface area is 173 Å². The Hall–Kier alpha value is -3.33. The van der Waals surface area contributed by atoms with E-state index in [1.54, 1.807) is 30.5 Å². The smallest absolute Gasteiger partial charge is 0.408 e. The molecular weight excluding hydrogens is 409 g/mol. The summed E-state index contributed by atoms with van der Waals surface area (Å²) in [6.07, 6.45) is 0.593. The minimum absolute atomic E-state index is 0.0290. The molecule has 9 heteroatoms. The predicted octanol–water partition coefficient (Wildman–Crippen LogP) is 4.68. The van der Waals surface area contributed by atoms with Crippen LogP contribution in [0.3, 0.4) is 0 Å². The number of aromatic nitrogens is 2. The second kappa shape index (κ2) is 7.49. The maximum atomic E-state index is 13.5. The Morgan fingerprint density at radius 3 is 2.57 bits per heavy atom. The van der Waals surface area contributed by atoms with Crippen LogP contribution in [-0.2, 0) is 10.5 Å². The molecular formula is C21H18FN3O4S. The van der Waals surface area contributed by atoms with Gasteiger partial charge < -0.3 is 9.72 Å². The molecule has 1 N–H and O–H groups in total. The van der Waals surface area contributed by atoms with E-state index in [4.69, 9.17) is 4.74 Å². The molecule has 1 aliphatic carbocycles. The van der Waals surface area contributed by atoms with Gasteiger partial charge in [0.15, 0.2) is 0 Å². The van der Waals surface area contributed by atoms with E-state index in [-0.39, 0.29) is 28.8 Å². The highest BCUT2D eigenvalue weighted by atomic mass is 32.2. The first-order valence-electron chi connectivity index (χ1n) is 9.19. The number of H-pyrrole nitrogens is 1. The third-order valence-electron chi connectivity index (χ3n) is 5.45. The van der Waals surface area contributed by atoms with Crippen molar-refractivity contribution >= 4 is 16.6 Å². The number of benzene rings is 2. The molecule has 2 aromatic carbocycles. The number of hydrogen-bond acceptors (Lipinski definition) is 5. The molecule has 0 spiro atoms. The summed E-state index contributed by atoms with van der Waals surface area (Å²) in [6, 6.07) is 13.2. The Bertz CT molecular complexity index is 1240. The molecule has 0 unspecified atom stereocenters. The van der Waals surface area contributed by atoms with Gasteiger partial charge in [0.05, 0.1) is 0 Å². The van der Waals surface area contributed by atoms with Crippen LogP contribution < -0.4 is 4.74 Å². The SMILES string of the molecule is CC1(C)[C@@H](c2ccc(OC(=O)N=S(=O)=O)cc2)[C@@H]1c1cnc(-c2cccc(F)c2)[nH]1. The zero-order chi connectivity index (χ0) is 21.5. The average molecular weight is 427 g/mol. The van der Waals surface area contributed by atoms with Crippen molar-refractivity contribution in [1.82, 2.24) is 9.97 Å². The van der Waals surface area contributed by atoms with Crippen LogP contribution >= 0.6 is 0 Å². The lowest BCUT2D eigenvalue weighted by atomic mass is 10.0. The van der Waals surface area contributed by atoms with Crippen molar-refractivity contribution in [3.8, 4) is 17.1 Å². The quantitative estimate of drug-likeness (QED) is 0.651. The van der Waals surface area contributed by atoms with Crippen molar-refractivity contribution in [2.45, 2.75) is 25.7 Å². The van der Waals surface area contributed by atoms with Crippen LogP contribution in [0.4, 0.5) is 9.18 Å². The first kappa shape index (κ1) is 20.0. The number of carbonyl (C=O) groups excluding carboxylic acids is 1. The number of halogens is 1. The summed E-state index contributed by atoms with van der Waals surface area (Å²) in [5.74, 6) is 0.918. The predicted molar refractivity (Wildman–Crippen MR) is 107 cm³/mol. The van der Waals surface area contributed by atoms with E-state index in [9.17, 15) is 17.6 Å². The molecule has 0 aliphatic heterocycles. The fraction of sp³-hybridized carbons (Fsp3) is 0.238. The summed E-state index contributed by atoms with van der Waals surface area (Å²) in [4.78, 5) is 19.0. The average Bonchev–Trinajstić information content (AvgIpc) is 3.01. The summed E-state index contributed by atoms with van der Waals surface area (Å²) in [5, 5.41) is 0. The Balaban J connectivity index is 1.53. The third kappa shape index (κ3) is 3.88. The molecule has 0 bridgehead atoms. The number of aromatic amines is 1. The van der Waals surface area contributed by atoms with Gasteiger partial charge in [-0.2, -0.15) is 8.42 Å². The summed E-state index contributed by atoms with van der Waals surface area (Å²) in [7, 11) is -2.85. The van der Waals surface area contributed by atoms with Gasteiger partial charge in [-0.3, -0.25) is 0 Å². The lowest BCUT2D eigenvalue weighted by Crippen LogP contribution is -2.01. The minimum Gasteiger partial charge on any atom is -0.408 e. The van der Waals surface area contributed by atoms with Crippen molar-refractivity contribution in [1.29, 1.82) is 0 Å². The lowest BCUT2D eigenvalue weighted by molar-refractivity contribution is 0.212. The molecule has 2 atom stereocenters. The van der Waals surface area contributed by atoms with Crippen LogP contribution in [-0.4, -0.2) is 24.5 Å². The molecule has 1 fully saturated rings. The third-order valence-corrected chi connectivity index (χ3v) is 5.75. The molecule has 30 heavy (non-hydrogen) atoms. The van der Waals surface area contributed by atoms with E-state index in [1.807, 2.05) is 12.1 Å². The maximum Gasteiger partial charge on any atom is 0.454 e. The van der Waals surface area contributed by atoms with Crippen molar-refractivity contribution < 1.29 is 22.3 Å². The number of nitrogens with zero attached hydrogens (tertiary/aromatic N) is 2. The highest BCUT2D eigenvalue weighted by Gasteiger charge is 2.59. The molecule has 1 aromatic heterocycles. The Morgan fingerprint density at radius 1 is 1.17 bits per heavy atom. The zero-order valence-corrected chi connectivity index (χ0v) is 17.0. The summed E-state index contributed by atoms with van der Waals surface area (Å²) >= 11 is 0. The fourth-order valence-electron chi connectivity index (χ4n) is 4.04. The number of imidazole rings is 1. The van der Waals surface area contributed by atoms with Gasteiger partial charge in [0.25, 0.3) is 0 Å². The van der Waals surface area contributed by atoms with Gasteiger partial charge in [-0.15, -0.1) is 0 Å². The second-order valence-electron chi connectivity index (χ2n) is 7.72. The van der Waals surface area contributed by atoms with Crippen LogP contribution in [0.2, 0.25) is 0 Å². The molecule has 1 saturated carbocycles. The Morgan fingerprint density at radius 2 is 1.90 bits per heavy atom. The molecule has 7 nitrogen and oxygen atoms in total. The first-order chi connectivity index (χ1) is 14.3. The number of hydrogen-bond donors (Lipinski definition) is 1. The molecule has 1 aliphatic rings. The highest BCUT2D eigenvalue weighted by molar-refractivity contribution is 7.62. The number of rotatable bonds is 4. The van der Waals surface area contributed by atoms with E-state index in [0.29, 0.717) is 11.4 Å². The number of ether oxygens (including phenoxy) is 1. The number of amides is 1. The van der Waals surface area contributed by atoms with Crippen molar-refractivity contribution in [2.24, 2.45) is 9.78 Å². The summed E-state index contributed by atoms with van der Waals surface area (Å²) < 4.78 is 42.0. The molecule has 0 radical (unpaired) electrons. The van der Waals surface area contributed by atoms with Gasteiger partial charge in [0, 0.05) is 23.4 Å². The second-order valence-corrected chi connectivity index (χ2v) is 8.34. The monoisotopic (exact) mass is 427 g/mol. The van der Waals surface area contributed by atoms with Gasteiger partial charge >= 0.3 is 16.6 Å².